The molecule has 1 aliphatic heterocycles. The predicted octanol–water partition coefficient (Wildman–Crippen LogP) is 4.88. The molecule has 0 radical (unpaired) electrons. The van der Waals surface area contributed by atoms with E-state index in [1.807, 2.05) is 83.0 Å². The van der Waals surface area contributed by atoms with Gasteiger partial charge in [0.25, 0.3) is 5.91 Å². The van der Waals surface area contributed by atoms with E-state index in [0.717, 1.165) is 22.0 Å². The van der Waals surface area contributed by atoms with Crippen molar-refractivity contribution in [3.63, 3.8) is 0 Å². The lowest BCUT2D eigenvalue weighted by Crippen LogP contribution is -2.49. The topological polar surface area (TPSA) is 75.9 Å². The summed E-state index contributed by atoms with van der Waals surface area (Å²) in [6, 6.07) is 21.1. The van der Waals surface area contributed by atoms with Crippen molar-refractivity contribution in [2.24, 2.45) is 0 Å². The molecule has 2 aromatic heterocycles. The second-order valence-corrected chi connectivity index (χ2v) is 9.54. The second-order valence-electron chi connectivity index (χ2n) is 9.10. The summed E-state index contributed by atoms with van der Waals surface area (Å²) in [4.78, 5) is 22.2. The number of fused-ring (bicyclic) bond motifs is 3. The van der Waals surface area contributed by atoms with Crippen LogP contribution in [0.2, 0.25) is 5.02 Å². The number of aromatic nitrogens is 4. The summed E-state index contributed by atoms with van der Waals surface area (Å²) >= 11 is 6.31. The molecular weight excluding hydrogens is 488 g/mol. The minimum atomic E-state index is 0.0470. The van der Waals surface area contributed by atoms with E-state index in [2.05, 4.69) is 15.1 Å². The lowest BCUT2D eigenvalue weighted by Gasteiger charge is -2.35. The van der Waals surface area contributed by atoms with Gasteiger partial charge >= 0.3 is 0 Å². The third kappa shape index (κ3) is 4.13. The highest BCUT2D eigenvalue weighted by atomic mass is 35.5. The zero-order valence-corrected chi connectivity index (χ0v) is 21.3. The van der Waals surface area contributed by atoms with Gasteiger partial charge in [0.1, 0.15) is 5.75 Å². The van der Waals surface area contributed by atoms with E-state index in [4.69, 9.17) is 21.3 Å². The van der Waals surface area contributed by atoms with Gasteiger partial charge in [0.05, 0.1) is 18.2 Å². The van der Waals surface area contributed by atoms with Gasteiger partial charge in [-0.15, -0.1) is 10.2 Å². The molecule has 1 saturated heterocycles. The number of methoxy groups -OCH3 is 1. The molecule has 9 heteroatoms. The summed E-state index contributed by atoms with van der Waals surface area (Å²) in [6.07, 6.45) is 0. The molecule has 0 bridgehead atoms. The lowest BCUT2D eigenvalue weighted by molar-refractivity contribution is 0.0746. The largest absolute Gasteiger partial charge is 0.496 e. The Balaban J connectivity index is 1.42. The summed E-state index contributed by atoms with van der Waals surface area (Å²) in [5, 5.41) is 10.6. The Morgan fingerprint density at radius 2 is 1.76 bits per heavy atom. The van der Waals surface area contributed by atoms with Crippen LogP contribution in [0.25, 0.3) is 27.9 Å². The van der Waals surface area contributed by atoms with Crippen molar-refractivity contribution in [3.8, 4) is 17.1 Å². The highest BCUT2D eigenvalue weighted by molar-refractivity contribution is 6.31. The Labute approximate surface area is 219 Å². The molecule has 1 aliphatic rings. The number of carbonyl (C=O) groups is 1. The van der Waals surface area contributed by atoms with Gasteiger partial charge < -0.3 is 14.5 Å². The molecule has 0 N–H and O–H groups in total. The van der Waals surface area contributed by atoms with E-state index < -0.39 is 0 Å². The minimum absolute atomic E-state index is 0.0470. The number of para-hydroxylation sites is 1. The molecule has 1 fully saturated rings. The number of anilines is 1. The van der Waals surface area contributed by atoms with Gasteiger partial charge in [-0.05, 0) is 49.4 Å². The van der Waals surface area contributed by atoms with Crippen molar-refractivity contribution in [1.82, 2.24) is 24.5 Å². The Bertz CT molecular complexity index is 1640. The van der Waals surface area contributed by atoms with Crippen molar-refractivity contribution in [1.29, 1.82) is 0 Å². The first-order valence-corrected chi connectivity index (χ1v) is 12.5. The molecular formula is C28H25ClN6O2. The summed E-state index contributed by atoms with van der Waals surface area (Å²) in [5.74, 6) is 2.10. The third-order valence-electron chi connectivity index (χ3n) is 6.75. The van der Waals surface area contributed by atoms with Gasteiger partial charge in [0.2, 0.25) is 5.95 Å². The van der Waals surface area contributed by atoms with Gasteiger partial charge in [0, 0.05) is 42.2 Å². The number of benzene rings is 3. The quantitative estimate of drug-likeness (QED) is 0.342. The van der Waals surface area contributed by atoms with Gasteiger partial charge in [-0.25, -0.2) is 9.38 Å². The van der Waals surface area contributed by atoms with Crippen molar-refractivity contribution < 1.29 is 9.53 Å². The van der Waals surface area contributed by atoms with Crippen molar-refractivity contribution in [3.05, 3.63) is 82.9 Å². The van der Waals surface area contributed by atoms with Gasteiger partial charge in [-0.2, -0.15) is 0 Å². The number of rotatable bonds is 4. The Kier molecular flexibility index (Phi) is 5.88. The highest BCUT2D eigenvalue weighted by Gasteiger charge is 2.27. The van der Waals surface area contributed by atoms with E-state index in [9.17, 15) is 4.79 Å². The number of hydrogen-bond acceptors (Lipinski definition) is 6. The van der Waals surface area contributed by atoms with Crippen LogP contribution >= 0.6 is 11.6 Å². The Morgan fingerprint density at radius 3 is 2.54 bits per heavy atom. The molecule has 8 nitrogen and oxygen atoms in total. The fraction of sp³-hybridized carbons (Fsp3) is 0.214. The first-order valence-electron chi connectivity index (χ1n) is 12.1. The molecule has 0 unspecified atom stereocenters. The van der Waals surface area contributed by atoms with Crippen LogP contribution in [0.4, 0.5) is 5.95 Å². The number of carbonyl (C=O) groups excluding carboxylic acids is 1. The van der Waals surface area contributed by atoms with Crippen LogP contribution in [0.15, 0.2) is 66.7 Å². The van der Waals surface area contributed by atoms with Crippen molar-refractivity contribution >= 4 is 40.0 Å². The fourth-order valence-electron chi connectivity index (χ4n) is 4.88. The van der Waals surface area contributed by atoms with E-state index in [1.54, 1.807) is 7.11 Å². The van der Waals surface area contributed by atoms with Gasteiger partial charge in [-0.3, -0.25) is 4.79 Å². The first-order chi connectivity index (χ1) is 18.0. The van der Waals surface area contributed by atoms with Crippen LogP contribution in [-0.4, -0.2) is 63.7 Å². The number of aryl methyl sites for hydroxylation is 1. The summed E-state index contributed by atoms with van der Waals surface area (Å²) < 4.78 is 7.60. The molecule has 0 spiro atoms. The van der Waals surface area contributed by atoms with Crippen LogP contribution in [0, 0.1) is 6.92 Å². The third-order valence-corrected chi connectivity index (χ3v) is 6.98. The number of nitrogens with zero attached hydrogens (tertiary/aromatic N) is 6. The minimum Gasteiger partial charge on any atom is -0.496 e. The monoisotopic (exact) mass is 512 g/mol. The van der Waals surface area contributed by atoms with Gasteiger partial charge in [-0.1, -0.05) is 41.4 Å². The number of amides is 1. The molecule has 186 valence electrons. The van der Waals surface area contributed by atoms with Crippen LogP contribution in [0.3, 0.4) is 0 Å². The molecule has 0 atom stereocenters. The normalized spacial score (nSPS) is 13.9. The average molecular weight is 513 g/mol. The number of hydrogen-bond donors (Lipinski definition) is 0. The molecule has 1 amide bonds. The number of ether oxygens (including phenoxy) is 1. The van der Waals surface area contributed by atoms with Crippen LogP contribution in [0.1, 0.15) is 15.9 Å². The van der Waals surface area contributed by atoms with Crippen molar-refractivity contribution in [2.45, 2.75) is 6.92 Å². The zero-order chi connectivity index (χ0) is 25.5. The molecule has 6 rings (SSSR count). The average Bonchev–Trinajstić information content (AvgIpc) is 3.37. The predicted molar refractivity (Wildman–Crippen MR) is 145 cm³/mol. The number of piperazine rings is 1. The Morgan fingerprint density at radius 1 is 0.946 bits per heavy atom. The molecule has 3 aromatic carbocycles. The van der Waals surface area contributed by atoms with E-state index in [0.29, 0.717) is 59.9 Å². The number of halogens is 1. The molecule has 0 aliphatic carbocycles. The molecule has 0 saturated carbocycles. The molecule has 37 heavy (non-hydrogen) atoms. The van der Waals surface area contributed by atoms with Crippen LogP contribution < -0.4 is 9.64 Å². The van der Waals surface area contributed by atoms with Crippen LogP contribution in [-0.2, 0) is 0 Å². The maximum atomic E-state index is 13.1. The van der Waals surface area contributed by atoms with Crippen molar-refractivity contribution in [2.75, 3.05) is 38.2 Å². The summed E-state index contributed by atoms with van der Waals surface area (Å²) in [5.41, 5.74) is 4.04. The van der Waals surface area contributed by atoms with Crippen LogP contribution in [0.5, 0.6) is 5.75 Å². The lowest BCUT2D eigenvalue weighted by atomic mass is 10.1. The smallest absolute Gasteiger partial charge is 0.253 e. The molecule has 3 heterocycles. The fourth-order valence-corrected chi connectivity index (χ4v) is 5.04. The van der Waals surface area contributed by atoms with E-state index >= 15 is 0 Å². The second kappa shape index (κ2) is 9.37. The standard InChI is InChI=1S/C28H25ClN6O2/c1-18-6-5-7-19(16-18)27(36)33-12-14-34(15-13-33)28-30-23-17-20(29)10-11-21(23)25-31-32-26(35(25)28)22-8-3-4-9-24(22)37-2/h3-11,16-17H,12-15H2,1-2H3. The molecule has 5 aromatic rings. The zero-order valence-electron chi connectivity index (χ0n) is 20.6. The summed E-state index contributed by atoms with van der Waals surface area (Å²) in [6.45, 7) is 4.39. The summed E-state index contributed by atoms with van der Waals surface area (Å²) in [7, 11) is 1.64. The first kappa shape index (κ1) is 23.2. The van der Waals surface area contributed by atoms with E-state index in [-0.39, 0.29) is 5.91 Å². The maximum absolute atomic E-state index is 13.1. The highest BCUT2D eigenvalue weighted by Crippen LogP contribution is 2.34. The van der Waals surface area contributed by atoms with E-state index in [1.165, 1.54) is 0 Å². The Hall–Kier alpha value is -4.17. The SMILES string of the molecule is COc1ccccc1-c1nnc2c3ccc(Cl)cc3nc(N3CCN(C(=O)c4cccc(C)c4)CC3)n12. The van der Waals surface area contributed by atoms with Gasteiger partial charge in [0.15, 0.2) is 11.5 Å². The maximum Gasteiger partial charge on any atom is 0.253 e.